The SMILES string of the molecule is CNCC(CN)c1ccc(I)cc1I. The number of nitrogens with one attached hydrogen (secondary N) is 1. The predicted molar refractivity (Wildman–Crippen MR) is 77.6 cm³/mol. The van der Waals surface area contributed by atoms with Crippen LogP contribution in [0.15, 0.2) is 18.2 Å². The molecule has 0 radical (unpaired) electrons. The maximum Gasteiger partial charge on any atom is 0.0176 e. The molecular formula is C10H14I2N2. The number of likely N-dealkylation sites (N-methyl/N-ethyl adjacent to an activating group) is 1. The van der Waals surface area contributed by atoms with Gasteiger partial charge in [0.2, 0.25) is 0 Å². The second-order valence-corrected chi connectivity index (χ2v) is 5.56. The van der Waals surface area contributed by atoms with Crippen molar-refractivity contribution in [3.05, 3.63) is 30.9 Å². The quantitative estimate of drug-likeness (QED) is 0.739. The van der Waals surface area contributed by atoms with E-state index in [0.29, 0.717) is 12.5 Å². The Balaban J connectivity index is 2.92. The van der Waals surface area contributed by atoms with Gasteiger partial charge in [-0.15, -0.1) is 0 Å². The smallest absolute Gasteiger partial charge is 0.0176 e. The van der Waals surface area contributed by atoms with Crippen molar-refractivity contribution in [2.75, 3.05) is 20.1 Å². The lowest BCUT2D eigenvalue weighted by Crippen LogP contribution is -2.24. The van der Waals surface area contributed by atoms with Crippen molar-refractivity contribution in [1.29, 1.82) is 0 Å². The normalized spacial score (nSPS) is 12.9. The van der Waals surface area contributed by atoms with Crippen molar-refractivity contribution < 1.29 is 0 Å². The first-order valence-electron chi connectivity index (χ1n) is 4.48. The third kappa shape index (κ3) is 3.32. The lowest BCUT2D eigenvalue weighted by molar-refractivity contribution is 0.635. The predicted octanol–water partition coefficient (Wildman–Crippen LogP) is 2.16. The summed E-state index contributed by atoms with van der Waals surface area (Å²) in [6.07, 6.45) is 0. The van der Waals surface area contributed by atoms with Gasteiger partial charge in [-0.05, 0) is 69.9 Å². The second-order valence-electron chi connectivity index (χ2n) is 3.16. The van der Waals surface area contributed by atoms with E-state index in [4.69, 9.17) is 5.73 Å². The highest BCUT2D eigenvalue weighted by Crippen LogP contribution is 2.22. The van der Waals surface area contributed by atoms with Crippen molar-refractivity contribution in [3.63, 3.8) is 0 Å². The number of rotatable bonds is 4. The molecule has 0 fully saturated rings. The highest BCUT2D eigenvalue weighted by molar-refractivity contribution is 14.1. The summed E-state index contributed by atoms with van der Waals surface area (Å²) in [5.74, 6) is 0.420. The highest BCUT2D eigenvalue weighted by Gasteiger charge is 2.11. The van der Waals surface area contributed by atoms with Gasteiger partial charge < -0.3 is 11.1 Å². The molecule has 0 aromatic heterocycles. The van der Waals surface area contributed by atoms with Crippen LogP contribution in [0.2, 0.25) is 0 Å². The molecule has 0 spiro atoms. The van der Waals surface area contributed by atoms with Gasteiger partial charge in [0, 0.05) is 26.1 Å². The summed E-state index contributed by atoms with van der Waals surface area (Å²) in [6, 6.07) is 6.50. The monoisotopic (exact) mass is 416 g/mol. The summed E-state index contributed by atoms with van der Waals surface area (Å²) in [5, 5.41) is 3.17. The first-order valence-corrected chi connectivity index (χ1v) is 6.64. The minimum absolute atomic E-state index is 0.420. The van der Waals surface area contributed by atoms with Crippen molar-refractivity contribution >= 4 is 45.2 Å². The van der Waals surface area contributed by atoms with E-state index in [1.54, 1.807) is 0 Å². The van der Waals surface area contributed by atoms with Gasteiger partial charge >= 0.3 is 0 Å². The summed E-state index contributed by atoms with van der Waals surface area (Å²) in [4.78, 5) is 0. The average Bonchev–Trinajstić information content (AvgIpc) is 2.15. The molecule has 1 aromatic rings. The van der Waals surface area contributed by atoms with Gasteiger partial charge in [-0.2, -0.15) is 0 Å². The number of hydrogen-bond donors (Lipinski definition) is 2. The summed E-state index contributed by atoms with van der Waals surface area (Å²) in [6.45, 7) is 1.63. The van der Waals surface area contributed by atoms with Crippen LogP contribution in [0, 0.1) is 7.14 Å². The van der Waals surface area contributed by atoms with Crippen molar-refractivity contribution in [2.45, 2.75) is 5.92 Å². The fourth-order valence-electron chi connectivity index (χ4n) is 1.40. The van der Waals surface area contributed by atoms with Gasteiger partial charge in [-0.25, -0.2) is 0 Å². The molecular weight excluding hydrogens is 402 g/mol. The third-order valence-corrected chi connectivity index (χ3v) is 3.74. The van der Waals surface area contributed by atoms with Crippen LogP contribution in [0.1, 0.15) is 11.5 Å². The Morgan fingerprint density at radius 1 is 1.43 bits per heavy atom. The molecule has 2 nitrogen and oxygen atoms in total. The van der Waals surface area contributed by atoms with Gasteiger partial charge in [0.25, 0.3) is 0 Å². The first-order chi connectivity index (χ1) is 6.69. The minimum Gasteiger partial charge on any atom is -0.330 e. The van der Waals surface area contributed by atoms with E-state index >= 15 is 0 Å². The molecule has 0 saturated carbocycles. The lowest BCUT2D eigenvalue weighted by Gasteiger charge is -2.16. The van der Waals surface area contributed by atoms with Crippen molar-refractivity contribution in [2.24, 2.45) is 5.73 Å². The van der Waals surface area contributed by atoms with E-state index < -0.39 is 0 Å². The Morgan fingerprint density at radius 3 is 2.64 bits per heavy atom. The van der Waals surface area contributed by atoms with Crippen LogP contribution in [-0.2, 0) is 0 Å². The molecule has 0 heterocycles. The van der Waals surface area contributed by atoms with Crippen molar-refractivity contribution in [1.82, 2.24) is 5.32 Å². The zero-order valence-corrected chi connectivity index (χ0v) is 12.4. The Bertz CT molecular complexity index is 302. The molecule has 14 heavy (non-hydrogen) atoms. The molecule has 4 heteroatoms. The molecule has 1 aromatic carbocycles. The van der Waals surface area contributed by atoms with Crippen LogP contribution < -0.4 is 11.1 Å². The molecule has 0 bridgehead atoms. The third-order valence-electron chi connectivity index (χ3n) is 2.14. The molecule has 0 aliphatic heterocycles. The number of hydrogen-bond acceptors (Lipinski definition) is 2. The van der Waals surface area contributed by atoms with Gasteiger partial charge in [0.05, 0.1) is 0 Å². The maximum absolute atomic E-state index is 5.75. The topological polar surface area (TPSA) is 38.0 Å². The average molecular weight is 416 g/mol. The lowest BCUT2D eigenvalue weighted by atomic mass is 9.99. The maximum atomic E-state index is 5.75. The molecule has 0 amide bonds. The van der Waals surface area contributed by atoms with E-state index in [1.807, 2.05) is 7.05 Å². The molecule has 0 aliphatic carbocycles. The van der Waals surface area contributed by atoms with Crippen LogP contribution in [0.4, 0.5) is 0 Å². The molecule has 0 saturated heterocycles. The van der Waals surface area contributed by atoms with Gasteiger partial charge in [0.1, 0.15) is 0 Å². The molecule has 1 rings (SSSR count). The minimum atomic E-state index is 0.420. The van der Waals surface area contributed by atoms with Crippen LogP contribution >= 0.6 is 45.2 Å². The Morgan fingerprint density at radius 2 is 2.14 bits per heavy atom. The van der Waals surface area contributed by atoms with Crippen LogP contribution in [0.5, 0.6) is 0 Å². The number of nitrogens with two attached hydrogens (primary N) is 1. The number of halogens is 2. The zero-order chi connectivity index (χ0) is 10.6. The van der Waals surface area contributed by atoms with E-state index in [2.05, 4.69) is 68.7 Å². The van der Waals surface area contributed by atoms with Crippen LogP contribution in [0.3, 0.4) is 0 Å². The first kappa shape index (κ1) is 12.7. The van der Waals surface area contributed by atoms with E-state index in [0.717, 1.165) is 6.54 Å². The Labute approximate surface area is 112 Å². The van der Waals surface area contributed by atoms with Crippen molar-refractivity contribution in [3.8, 4) is 0 Å². The van der Waals surface area contributed by atoms with Crippen LogP contribution in [-0.4, -0.2) is 20.1 Å². The second kappa shape index (κ2) is 6.24. The highest BCUT2D eigenvalue weighted by atomic mass is 127. The largest absolute Gasteiger partial charge is 0.330 e. The van der Waals surface area contributed by atoms with Gasteiger partial charge in [-0.1, -0.05) is 6.07 Å². The van der Waals surface area contributed by atoms with Gasteiger partial charge in [0.15, 0.2) is 0 Å². The van der Waals surface area contributed by atoms with Gasteiger partial charge in [-0.3, -0.25) is 0 Å². The Kier molecular flexibility index (Phi) is 5.65. The summed E-state index contributed by atoms with van der Waals surface area (Å²) in [5.41, 5.74) is 7.10. The fourth-order valence-corrected chi connectivity index (χ4v) is 3.44. The van der Waals surface area contributed by atoms with E-state index in [-0.39, 0.29) is 0 Å². The zero-order valence-electron chi connectivity index (χ0n) is 8.06. The molecule has 1 atom stereocenters. The summed E-state index contributed by atoms with van der Waals surface area (Å²) in [7, 11) is 1.96. The summed E-state index contributed by atoms with van der Waals surface area (Å²) >= 11 is 4.70. The standard InChI is InChI=1S/C10H14I2N2/c1-14-6-7(5-13)9-3-2-8(11)4-10(9)12/h2-4,7,14H,5-6,13H2,1H3. The van der Waals surface area contributed by atoms with E-state index in [9.17, 15) is 0 Å². The fraction of sp³-hybridized carbons (Fsp3) is 0.400. The molecule has 1 unspecified atom stereocenters. The molecule has 0 aliphatic rings. The number of benzene rings is 1. The van der Waals surface area contributed by atoms with Crippen LogP contribution in [0.25, 0.3) is 0 Å². The molecule has 78 valence electrons. The van der Waals surface area contributed by atoms with E-state index in [1.165, 1.54) is 12.7 Å². The Hall–Kier alpha value is 0.600. The summed E-state index contributed by atoms with van der Waals surface area (Å²) < 4.78 is 2.58. The molecule has 3 N–H and O–H groups in total.